The van der Waals surface area contributed by atoms with Crippen molar-refractivity contribution in [1.82, 2.24) is 10.2 Å². The van der Waals surface area contributed by atoms with Crippen molar-refractivity contribution in [3.8, 4) is 6.07 Å². The van der Waals surface area contributed by atoms with E-state index < -0.39 is 0 Å². The number of piperidine rings is 1. The molecule has 0 unspecified atom stereocenters. The van der Waals surface area contributed by atoms with E-state index >= 15 is 0 Å². The number of benzene rings is 1. The highest BCUT2D eigenvalue weighted by atomic mass is 15.2. The van der Waals surface area contributed by atoms with E-state index in [9.17, 15) is 5.26 Å². The van der Waals surface area contributed by atoms with Gasteiger partial charge in [-0.1, -0.05) is 0 Å². The third-order valence-corrected chi connectivity index (χ3v) is 6.38. The fourth-order valence-corrected chi connectivity index (χ4v) is 4.46. The fraction of sp³-hybridized carbons (Fsp3) is 0.667. The van der Waals surface area contributed by atoms with Gasteiger partial charge in [-0.2, -0.15) is 5.26 Å². The second kappa shape index (κ2) is 7.85. The Morgan fingerprint density at radius 2 is 1.77 bits per heavy atom. The normalized spacial score (nSPS) is 23.9. The van der Waals surface area contributed by atoms with E-state index in [2.05, 4.69) is 50.8 Å². The molecule has 0 amide bonds. The zero-order valence-electron chi connectivity index (χ0n) is 15.7. The van der Waals surface area contributed by atoms with E-state index in [1.54, 1.807) is 0 Å². The largest absolute Gasteiger partial charge is 0.372 e. The van der Waals surface area contributed by atoms with E-state index in [-0.39, 0.29) is 5.54 Å². The van der Waals surface area contributed by atoms with Gasteiger partial charge in [0.05, 0.1) is 6.07 Å². The standard InChI is InChI=1S/C21H31N5/c22-17-21(8-1-9-21)24-19-2-4-20(5-3-19)26-12-6-18(7-13-26)16-25-14-10-23-11-15-25/h2-5,18,23-24H,1,6-16H2. The first-order valence-electron chi connectivity index (χ1n) is 10.2. The lowest BCUT2D eigenvalue weighted by molar-refractivity contribution is 0.190. The average molecular weight is 354 g/mol. The monoisotopic (exact) mass is 353 g/mol. The molecule has 1 saturated carbocycles. The Labute approximate surface area is 157 Å². The quantitative estimate of drug-likeness (QED) is 0.852. The molecule has 2 heterocycles. The highest BCUT2D eigenvalue weighted by Crippen LogP contribution is 2.35. The number of nitrogens with one attached hydrogen (secondary N) is 2. The first kappa shape index (κ1) is 17.6. The third kappa shape index (κ3) is 3.97. The summed E-state index contributed by atoms with van der Waals surface area (Å²) in [5.41, 5.74) is 2.07. The minimum Gasteiger partial charge on any atom is -0.372 e. The van der Waals surface area contributed by atoms with Crippen LogP contribution in [-0.4, -0.2) is 56.3 Å². The van der Waals surface area contributed by atoms with Crippen LogP contribution >= 0.6 is 0 Å². The first-order chi connectivity index (χ1) is 12.8. The molecule has 5 heteroatoms. The SMILES string of the molecule is N#CC1(Nc2ccc(N3CCC(CN4CCNCC4)CC3)cc2)CCC1. The van der Waals surface area contributed by atoms with Crippen molar-refractivity contribution in [2.24, 2.45) is 5.92 Å². The zero-order valence-corrected chi connectivity index (χ0v) is 15.7. The van der Waals surface area contributed by atoms with Gasteiger partial charge >= 0.3 is 0 Å². The van der Waals surface area contributed by atoms with Crippen molar-refractivity contribution >= 4 is 11.4 Å². The number of anilines is 2. The van der Waals surface area contributed by atoms with Crippen LogP contribution in [0.25, 0.3) is 0 Å². The fourth-order valence-electron chi connectivity index (χ4n) is 4.46. The summed E-state index contributed by atoms with van der Waals surface area (Å²) in [5, 5.41) is 16.2. The van der Waals surface area contributed by atoms with Crippen molar-refractivity contribution in [3.05, 3.63) is 24.3 Å². The molecule has 26 heavy (non-hydrogen) atoms. The Kier molecular flexibility index (Phi) is 5.33. The summed E-state index contributed by atoms with van der Waals surface area (Å²) in [7, 11) is 0. The van der Waals surface area contributed by atoms with Crippen LogP contribution in [0.4, 0.5) is 11.4 Å². The van der Waals surface area contributed by atoms with E-state index in [1.165, 1.54) is 38.2 Å². The van der Waals surface area contributed by atoms with Gasteiger partial charge in [0.1, 0.15) is 5.54 Å². The second-order valence-corrected chi connectivity index (χ2v) is 8.20. The number of hydrogen-bond acceptors (Lipinski definition) is 5. The molecule has 0 bridgehead atoms. The van der Waals surface area contributed by atoms with Crippen LogP contribution in [0.15, 0.2) is 24.3 Å². The Hall–Kier alpha value is -1.77. The van der Waals surface area contributed by atoms with E-state index in [0.717, 1.165) is 57.0 Å². The van der Waals surface area contributed by atoms with Gasteiger partial charge in [0.15, 0.2) is 0 Å². The van der Waals surface area contributed by atoms with Crippen LogP contribution < -0.4 is 15.5 Å². The Morgan fingerprint density at radius 1 is 1.08 bits per heavy atom. The lowest BCUT2D eigenvalue weighted by Crippen LogP contribution is -2.46. The predicted molar refractivity (Wildman–Crippen MR) is 107 cm³/mol. The smallest absolute Gasteiger partial charge is 0.125 e. The van der Waals surface area contributed by atoms with Crippen LogP contribution in [-0.2, 0) is 0 Å². The number of rotatable bonds is 5. The Bertz CT molecular complexity index is 617. The molecule has 1 aromatic carbocycles. The summed E-state index contributed by atoms with van der Waals surface area (Å²) >= 11 is 0. The predicted octanol–water partition coefficient (Wildman–Crippen LogP) is 2.67. The van der Waals surface area contributed by atoms with Gasteiger partial charge in [-0.25, -0.2) is 0 Å². The van der Waals surface area contributed by atoms with Crippen molar-refractivity contribution in [2.45, 2.75) is 37.6 Å². The molecule has 0 radical (unpaired) electrons. The summed E-state index contributed by atoms with van der Waals surface area (Å²) in [6, 6.07) is 11.1. The lowest BCUT2D eigenvalue weighted by atomic mass is 9.78. The van der Waals surface area contributed by atoms with Crippen molar-refractivity contribution in [2.75, 3.05) is 56.0 Å². The van der Waals surface area contributed by atoms with E-state index in [1.807, 2.05) is 0 Å². The maximum Gasteiger partial charge on any atom is 0.125 e. The van der Waals surface area contributed by atoms with Gasteiger partial charge in [0.25, 0.3) is 0 Å². The molecule has 2 saturated heterocycles. The zero-order chi connectivity index (χ0) is 17.8. The lowest BCUT2D eigenvalue weighted by Gasteiger charge is -2.38. The third-order valence-electron chi connectivity index (χ3n) is 6.38. The summed E-state index contributed by atoms with van der Waals surface area (Å²) in [6.07, 6.45) is 5.67. The summed E-state index contributed by atoms with van der Waals surface area (Å²) in [5.74, 6) is 0.847. The number of nitrogens with zero attached hydrogens (tertiary/aromatic N) is 3. The van der Waals surface area contributed by atoms with E-state index in [4.69, 9.17) is 0 Å². The van der Waals surface area contributed by atoms with Gasteiger partial charge < -0.3 is 20.4 Å². The molecule has 2 N–H and O–H groups in total. The molecule has 5 nitrogen and oxygen atoms in total. The number of piperazine rings is 1. The molecule has 3 aliphatic rings. The molecule has 1 aromatic rings. The molecule has 0 aromatic heterocycles. The molecule has 0 atom stereocenters. The molecular formula is C21H31N5. The summed E-state index contributed by atoms with van der Waals surface area (Å²) in [4.78, 5) is 5.14. The first-order valence-corrected chi connectivity index (χ1v) is 10.2. The van der Waals surface area contributed by atoms with Gasteiger partial charge in [0, 0.05) is 57.2 Å². The van der Waals surface area contributed by atoms with Gasteiger partial charge in [-0.3, -0.25) is 0 Å². The van der Waals surface area contributed by atoms with Crippen LogP contribution in [0.2, 0.25) is 0 Å². The minimum absolute atomic E-state index is 0.316. The molecule has 2 aliphatic heterocycles. The summed E-state index contributed by atoms with van der Waals surface area (Å²) < 4.78 is 0. The molecule has 140 valence electrons. The summed E-state index contributed by atoms with van der Waals surface area (Å²) in [6.45, 7) is 8.29. The molecule has 0 spiro atoms. The number of nitriles is 1. The van der Waals surface area contributed by atoms with Crippen LogP contribution in [0, 0.1) is 17.2 Å². The highest BCUT2D eigenvalue weighted by molar-refractivity contribution is 5.57. The van der Waals surface area contributed by atoms with Crippen LogP contribution in [0.1, 0.15) is 32.1 Å². The van der Waals surface area contributed by atoms with Gasteiger partial charge in [0.2, 0.25) is 0 Å². The topological polar surface area (TPSA) is 54.3 Å². The maximum absolute atomic E-state index is 9.37. The second-order valence-electron chi connectivity index (χ2n) is 8.20. The van der Waals surface area contributed by atoms with Gasteiger partial charge in [-0.15, -0.1) is 0 Å². The molecule has 4 rings (SSSR count). The van der Waals surface area contributed by atoms with Crippen molar-refractivity contribution in [3.63, 3.8) is 0 Å². The minimum atomic E-state index is -0.316. The number of hydrogen-bond donors (Lipinski definition) is 2. The average Bonchev–Trinajstić information content (AvgIpc) is 2.67. The van der Waals surface area contributed by atoms with Crippen molar-refractivity contribution in [1.29, 1.82) is 5.26 Å². The molecule has 3 fully saturated rings. The van der Waals surface area contributed by atoms with Crippen LogP contribution in [0.5, 0.6) is 0 Å². The maximum atomic E-state index is 9.37. The van der Waals surface area contributed by atoms with Gasteiger partial charge in [-0.05, 0) is 62.3 Å². The van der Waals surface area contributed by atoms with E-state index in [0.29, 0.717) is 0 Å². The molecular weight excluding hydrogens is 322 g/mol. The van der Waals surface area contributed by atoms with Crippen LogP contribution in [0.3, 0.4) is 0 Å². The Balaban J connectivity index is 1.27. The Morgan fingerprint density at radius 3 is 2.35 bits per heavy atom. The van der Waals surface area contributed by atoms with Crippen molar-refractivity contribution < 1.29 is 0 Å². The molecule has 1 aliphatic carbocycles. The highest BCUT2D eigenvalue weighted by Gasteiger charge is 2.37.